The molecule has 0 saturated carbocycles. The van der Waals surface area contributed by atoms with E-state index in [0.29, 0.717) is 25.7 Å². The van der Waals surface area contributed by atoms with E-state index >= 15 is 0 Å². The van der Waals surface area contributed by atoms with Crippen LogP contribution in [0.25, 0.3) is 11.5 Å². The summed E-state index contributed by atoms with van der Waals surface area (Å²) in [6.45, 7) is 6.52. The van der Waals surface area contributed by atoms with Gasteiger partial charge in [0.1, 0.15) is 5.69 Å². The summed E-state index contributed by atoms with van der Waals surface area (Å²) in [6, 6.07) is 2.48. The van der Waals surface area contributed by atoms with Gasteiger partial charge in [-0.25, -0.2) is 9.78 Å². The zero-order chi connectivity index (χ0) is 17.9. The fourth-order valence-corrected chi connectivity index (χ4v) is 3.82. The molecule has 2 aliphatic rings. The standard InChI is InChI=1S/C18H26N6O2.2ClH/c1-2-26-18(25)22-9-4-14(5-10-22)23-11-7-20-17(23)16-12-15-13-19-6-3-8-24(15)21-16;;/h7,11-12,14,19H,2-6,8-10,13H2,1H3;2*1H. The van der Waals surface area contributed by atoms with Crippen molar-refractivity contribution in [3.8, 4) is 11.5 Å². The third kappa shape index (κ3) is 4.61. The molecule has 0 radical (unpaired) electrons. The van der Waals surface area contributed by atoms with Crippen molar-refractivity contribution >= 4 is 30.9 Å². The van der Waals surface area contributed by atoms with E-state index in [1.54, 1.807) is 4.90 Å². The Labute approximate surface area is 177 Å². The Kier molecular flexibility index (Phi) is 8.15. The van der Waals surface area contributed by atoms with Crippen molar-refractivity contribution < 1.29 is 9.53 Å². The minimum absolute atomic E-state index is 0. The summed E-state index contributed by atoms with van der Waals surface area (Å²) in [4.78, 5) is 18.3. The average Bonchev–Trinajstić information content (AvgIpc) is 3.24. The monoisotopic (exact) mass is 430 g/mol. The predicted octanol–water partition coefficient (Wildman–Crippen LogP) is 2.88. The van der Waals surface area contributed by atoms with Crippen molar-refractivity contribution in [3.05, 3.63) is 24.2 Å². The van der Waals surface area contributed by atoms with Gasteiger partial charge in [0.15, 0.2) is 5.82 Å². The predicted molar refractivity (Wildman–Crippen MR) is 111 cm³/mol. The summed E-state index contributed by atoms with van der Waals surface area (Å²) in [5, 5.41) is 8.21. The molecule has 10 heteroatoms. The third-order valence-electron chi connectivity index (χ3n) is 5.17. The van der Waals surface area contributed by atoms with Crippen LogP contribution in [0, 0.1) is 0 Å². The highest BCUT2D eigenvalue weighted by atomic mass is 35.5. The van der Waals surface area contributed by atoms with Crippen LogP contribution in [0.15, 0.2) is 18.5 Å². The summed E-state index contributed by atoms with van der Waals surface area (Å²) in [7, 11) is 0. The molecule has 4 rings (SSSR count). The number of hydrogen-bond donors (Lipinski definition) is 1. The van der Waals surface area contributed by atoms with E-state index in [2.05, 4.69) is 25.6 Å². The molecular weight excluding hydrogens is 403 g/mol. The molecule has 2 aromatic rings. The Balaban J connectivity index is 0.00000140. The van der Waals surface area contributed by atoms with Gasteiger partial charge in [-0.2, -0.15) is 5.10 Å². The van der Waals surface area contributed by atoms with Crippen LogP contribution in [-0.4, -0.2) is 56.6 Å². The van der Waals surface area contributed by atoms with Crippen LogP contribution < -0.4 is 5.32 Å². The number of aromatic nitrogens is 4. The van der Waals surface area contributed by atoms with E-state index in [1.165, 1.54) is 5.69 Å². The molecule has 28 heavy (non-hydrogen) atoms. The van der Waals surface area contributed by atoms with E-state index in [9.17, 15) is 4.79 Å². The van der Waals surface area contributed by atoms with Crippen molar-refractivity contribution in [1.82, 2.24) is 29.5 Å². The third-order valence-corrected chi connectivity index (χ3v) is 5.17. The Morgan fingerprint density at radius 3 is 2.82 bits per heavy atom. The zero-order valence-corrected chi connectivity index (χ0v) is 17.7. The van der Waals surface area contributed by atoms with Crippen molar-refractivity contribution in [2.45, 2.75) is 45.3 Å². The molecule has 0 unspecified atom stereocenters. The second-order valence-corrected chi connectivity index (χ2v) is 6.85. The highest BCUT2D eigenvalue weighted by Crippen LogP contribution is 2.28. The number of piperidine rings is 1. The number of ether oxygens (including phenoxy) is 1. The minimum atomic E-state index is -0.206. The van der Waals surface area contributed by atoms with Crippen molar-refractivity contribution in [3.63, 3.8) is 0 Å². The summed E-state index contributed by atoms with van der Waals surface area (Å²) >= 11 is 0. The fourth-order valence-electron chi connectivity index (χ4n) is 3.82. The number of aryl methyl sites for hydroxylation is 1. The first-order chi connectivity index (χ1) is 12.8. The number of fused-ring (bicyclic) bond motifs is 1. The normalized spacial score (nSPS) is 17.1. The molecule has 2 aromatic heterocycles. The molecule has 156 valence electrons. The minimum Gasteiger partial charge on any atom is -0.450 e. The fraction of sp³-hybridized carbons (Fsp3) is 0.611. The lowest BCUT2D eigenvalue weighted by Gasteiger charge is -2.32. The van der Waals surface area contributed by atoms with E-state index in [4.69, 9.17) is 9.84 Å². The molecule has 0 bridgehead atoms. The molecule has 8 nitrogen and oxygen atoms in total. The lowest BCUT2D eigenvalue weighted by Crippen LogP contribution is -2.39. The molecular formula is C18H28Cl2N6O2. The molecule has 1 fully saturated rings. The Bertz CT molecular complexity index is 746. The number of halogens is 2. The van der Waals surface area contributed by atoms with Crippen LogP contribution in [0.4, 0.5) is 4.79 Å². The van der Waals surface area contributed by atoms with Gasteiger partial charge in [0, 0.05) is 44.6 Å². The van der Waals surface area contributed by atoms with Crippen LogP contribution in [0.2, 0.25) is 0 Å². The maximum atomic E-state index is 11.9. The Morgan fingerprint density at radius 2 is 2.07 bits per heavy atom. The summed E-state index contributed by atoms with van der Waals surface area (Å²) in [6.07, 6.45) is 6.56. The number of imidazole rings is 1. The second-order valence-electron chi connectivity index (χ2n) is 6.85. The average molecular weight is 431 g/mol. The van der Waals surface area contributed by atoms with E-state index < -0.39 is 0 Å². The lowest BCUT2D eigenvalue weighted by molar-refractivity contribution is 0.0928. The first-order valence-electron chi connectivity index (χ1n) is 9.48. The van der Waals surface area contributed by atoms with Gasteiger partial charge in [-0.15, -0.1) is 24.8 Å². The van der Waals surface area contributed by atoms with Crippen LogP contribution in [0.3, 0.4) is 0 Å². The SMILES string of the molecule is CCOC(=O)N1CCC(n2ccnc2-c2cc3n(n2)CCCNC3)CC1.Cl.Cl. The molecule has 1 N–H and O–H groups in total. The van der Waals surface area contributed by atoms with E-state index in [1.807, 2.05) is 19.3 Å². The lowest BCUT2D eigenvalue weighted by atomic mass is 10.0. The van der Waals surface area contributed by atoms with Gasteiger partial charge < -0.3 is 19.5 Å². The van der Waals surface area contributed by atoms with Crippen molar-refractivity contribution in [1.29, 1.82) is 0 Å². The number of nitrogens with zero attached hydrogens (tertiary/aromatic N) is 5. The van der Waals surface area contributed by atoms with Crippen LogP contribution in [-0.2, 0) is 17.8 Å². The number of carbonyl (C=O) groups is 1. The zero-order valence-electron chi connectivity index (χ0n) is 16.0. The Hall–Kier alpha value is -1.77. The molecule has 0 aromatic carbocycles. The maximum Gasteiger partial charge on any atom is 0.409 e. The van der Waals surface area contributed by atoms with E-state index in [0.717, 1.165) is 50.4 Å². The highest BCUT2D eigenvalue weighted by Gasteiger charge is 2.26. The number of amides is 1. The maximum absolute atomic E-state index is 11.9. The van der Waals surface area contributed by atoms with Crippen molar-refractivity contribution in [2.24, 2.45) is 0 Å². The van der Waals surface area contributed by atoms with Gasteiger partial charge in [-0.1, -0.05) is 0 Å². The van der Waals surface area contributed by atoms with Gasteiger partial charge in [0.25, 0.3) is 0 Å². The Morgan fingerprint density at radius 1 is 1.29 bits per heavy atom. The van der Waals surface area contributed by atoms with Crippen LogP contribution >= 0.6 is 24.8 Å². The molecule has 1 amide bonds. The smallest absolute Gasteiger partial charge is 0.409 e. The molecule has 0 aliphatic carbocycles. The largest absolute Gasteiger partial charge is 0.450 e. The van der Waals surface area contributed by atoms with Gasteiger partial charge in [-0.05, 0) is 38.8 Å². The van der Waals surface area contributed by atoms with Crippen molar-refractivity contribution in [2.75, 3.05) is 26.2 Å². The van der Waals surface area contributed by atoms with E-state index in [-0.39, 0.29) is 30.9 Å². The topological polar surface area (TPSA) is 77.2 Å². The van der Waals surface area contributed by atoms with Crippen LogP contribution in [0.1, 0.15) is 37.9 Å². The molecule has 0 atom stereocenters. The first kappa shape index (κ1) is 22.5. The van der Waals surface area contributed by atoms with Gasteiger partial charge >= 0.3 is 6.09 Å². The quantitative estimate of drug-likeness (QED) is 0.809. The van der Waals surface area contributed by atoms with Gasteiger partial charge in [0.2, 0.25) is 0 Å². The molecule has 2 aliphatic heterocycles. The van der Waals surface area contributed by atoms with Crippen LogP contribution in [0.5, 0.6) is 0 Å². The summed E-state index contributed by atoms with van der Waals surface area (Å²) in [5.74, 6) is 0.917. The number of hydrogen-bond acceptors (Lipinski definition) is 5. The molecule has 4 heterocycles. The summed E-state index contributed by atoms with van der Waals surface area (Å²) < 4.78 is 9.42. The number of rotatable bonds is 3. The molecule has 1 saturated heterocycles. The number of likely N-dealkylation sites (tertiary alicyclic amines) is 1. The molecule has 0 spiro atoms. The highest BCUT2D eigenvalue weighted by molar-refractivity contribution is 5.85. The number of nitrogens with one attached hydrogen (secondary N) is 1. The number of carbonyl (C=O) groups excluding carboxylic acids is 1. The first-order valence-corrected chi connectivity index (χ1v) is 9.48. The summed E-state index contributed by atoms with van der Waals surface area (Å²) in [5.41, 5.74) is 2.14. The second kappa shape index (κ2) is 10.1. The van der Waals surface area contributed by atoms with Gasteiger partial charge in [0.05, 0.1) is 12.3 Å². The van der Waals surface area contributed by atoms with Gasteiger partial charge in [-0.3, -0.25) is 4.68 Å².